The number of rotatable bonds is 3. The third-order valence-corrected chi connectivity index (χ3v) is 2.26. The molecule has 0 unspecified atom stereocenters. The Morgan fingerprint density at radius 1 is 1.22 bits per heavy atom. The fraction of sp³-hybridized carbons (Fsp3) is 0.182. The van der Waals surface area contributed by atoms with Gasteiger partial charge in [-0.3, -0.25) is 5.32 Å². The van der Waals surface area contributed by atoms with Gasteiger partial charge in [0.25, 0.3) is 5.88 Å². The summed E-state index contributed by atoms with van der Waals surface area (Å²) < 4.78 is 10.0. The largest absolute Gasteiger partial charge is 0.497 e. The highest BCUT2D eigenvalue weighted by atomic mass is 16.5. The number of carboxylic acid groups (broad SMARTS) is 1. The van der Waals surface area contributed by atoms with Crippen molar-refractivity contribution in [2.75, 3.05) is 19.5 Å². The summed E-state index contributed by atoms with van der Waals surface area (Å²) >= 11 is 0. The predicted octanol–water partition coefficient (Wildman–Crippen LogP) is 1.74. The Balaban J connectivity index is 2.57. The van der Waals surface area contributed by atoms with Gasteiger partial charge in [0, 0.05) is 6.07 Å². The number of hydrogen-bond acceptors (Lipinski definition) is 5. The summed E-state index contributed by atoms with van der Waals surface area (Å²) in [5.41, 5.74) is 1.10. The SMILES string of the molecule is COc1ccc2nc(OC)c(NC(=O)O)nc2c1. The zero-order valence-corrected chi connectivity index (χ0v) is 9.80. The van der Waals surface area contributed by atoms with Crippen molar-refractivity contribution in [2.45, 2.75) is 0 Å². The summed E-state index contributed by atoms with van der Waals surface area (Å²) in [5, 5.41) is 10.8. The molecular formula is C11H11N3O4. The number of carbonyl (C=O) groups is 1. The lowest BCUT2D eigenvalue weighted by Crippen LogP contribution is -2.11. The maximum atomic E-state index is 10.6. The Kier molecular flexibility index (Phi) is 3.13. The smallest absolute Gasteiger partial charge is 0.410 e. The van der Waals surface area contributed by atoms with Crippen LogP contribution in [-0.2, 0) is 0 Å². The van der Waals surface area contributed by atoms with Crippen molar-refractivity contribution >= 4 is 22.9 Å². The first-order valence-electron chi connectivity index (χ1n) is 5.03. The van der Waals surface area contributed by atoms with Crippen LogP contribution in [0, 0.1) is 0 Å². The first-order valence-corrected chi connectivity index (χ1v) is 5.03. The van der Waals surface area contributed by atoms with Crippen molar-refractivity contribution in [3.63, 3.8) is 0 Å². The molecule has 0 radical (unpaired) electrons. The van der Waals surface area contributed by atoms with Gasteiger partial charge in [0.15, 0.2) is 5.82 Å². The second-order valence-corrected chi connectivity index (χ2v) is 3.37. The Morgan fingerprint density at radius 2 is 2.00 bits per heavy atom. The van der Waals surface area contributed by atoms with E-state index in [0.717, 1.165) is 0 Å². The van der Waals surface area contributed by atoms with Crippen molar-refractivity contribution in [1.82, 2.24) is 9.97 Å². The number of aromatic nitrogens is 2. The van der Waals surface area contributed by atoms with Crippen molar-refractivity contribution in [2.24, 2.45) is 0 Å². The van der Waals surface area contributed by atoms with Crippen molar-refractivity contribution < 1.29 is 19.4 Å². The van der Waals surface area contributed by atoms with E-state index in [1.807, 2.05) is 0 Å². The molecule has 0 aliphatic rings. The van der Waals surface area contributed by atoms with Gasteiger partial charge in [-0.1, -0.05) is 0 Å². The molecule has 0 aliphatic heterocycles. The van der Waals surface area contributed by atoms with Crippen LogP contribution in [-0.4, -0.2) is 35.4 Å². The lowest BCUT2D eigenvalue weighted by Gasteiger charge is -2.08. The van der Waals surface area contributed by atoms with Crippen LogP contribution in [0.1, 0.15) is 0 Å². The molecule has 1 aromatic heterocycles. The number of nitrogens with zero attached hydrogens (tertiary/aromatic N) is 2. The van der Waals surface area contributed by atoms with Gasteiger partial charge in [0.2, 0.25) is 0 Å². The number of amides is 1. The normalized spacial score (nSPS) is 10.1. The first-order chi connectivity index (χ1) is 8.63. The molecule has 0 bridgehead atoms. The highest BCUT2D eigenvalue weighted by molar-refractivity contribution is 5.86. The number of fused-ring (bicyclic) bond motifs is 1. The minimum Gasteiger partial charge on any atom is -0.497 e. The molecule has 2 N–H and O–H groups in total. The highest BCUT2D eigenvalue weighted by Crippen LogP contribution is 2.25. The first kappa shape index (κ1) is 11.9. The lowest BCUT2D eigenvalue weighted by molar-refractivity contribution is 0.209. The van der Waals surface area contributed by atoms with E-state index in [0.29, 0.717) is 16.8 Å². The Hall–Kier alpha value is -2.57. The minimum absolute atomic E-state index is 0.0470. The van der Waals surface area contributed by atoms with Gasteiger partial charge in [-0.15, -0.1) is 0 Å². The third kappa shape index (κ3) is 2.24. The Labute approximate surface area is 102 Å². The number of anilines is 1. The number of ether oxygens (including phenoxy) is 2. The quantitative estimate of drug-likeness (QED) is 0.860. The molecule has 0 spiro atoms. The molecule has 2 rings (SSSR count). The van der Waals surface area contributed by atoms with Crippen molar-refractivity contribution in [1.29, 1.82) is 0 Å². The van der Waals surface area contributed by atoms with Crippen LogP contribution in [0.4, 0.5) is 10.6 Å². The highest BCUT2D eigenvalue weighted by Gasteiger charge is 2.12. The van der Waals surface area contributed by atoms with Gasteiger partial charge >= 0.3 is 6.09 Å². The molecule has 7 heteroatoms. The van der Waals surface area contributed by atoms with Crippen LogP contribution in [0.15, 0.2) is 18.2 Å². The van der Waals surface area contributed by atoms with E-state index in [2.05, 4.69) is 15.3 Å². The average molecular weight is 249 g/mol. The summed E-state index contributed by atoms with van der Waals surface area (Å²) in [6.45, 7) is 0. The van der Waals surface area contributed by atoms with Crippen LogP contribution >= 0.6 is 0 Å². The number of nitrogens with one attached hydrogen (secondary N) is 1. The van der Waals surface area contributed by atoms with Gasteiger partial charge in [-0.2, -0.15) is 0 Å². The van der Waals surface area contributed by atoms with Gasteiger partial charge in [0.05, 0.1) is 25.3 Å². The predicted molar refractivity (Wildman–Crippen MR) is 64.3 cm³/mol. The van der Waals surface area contributed by atoms with E-state index in [1.54, 1.807) is 18.2 Å². The Morgan fingerprint density at radius 3 is 2.61 bits per heavy atom. The third-order valence-electron chi connectivity index (χ3n) is 2.26. The van der Waals surface area contributed by atoms with E-state index >= 15 is 0 Å². The molecule has 0 saturated heterocycles. The maximum absolute atomic E-state index is 10.6. The van der Waals surface area contributed by atoms with Crippen molar-refractivity contribution in [3.8, 4) is 11.6 Å². The molecule has 0 saturated carbocycles. The summed E-state index contributed by atoms with van der Waals surface area (Å²) in [6, 6.07) is 5.11. The van der Waals surface area contributed by atoms with Crippen LogP contribution in [0.5, 0.6) is 11.6 Å². The fourth-order valence-corrected chi connectivity index (χ4v) is 1.47. The zero-order valence-electron chi connectivity index (χ0n) is 9.80. The second kappa shape index (κ2) is 4.74. The fourth-order valence-electron chi connectivity index (χ4n) is 1.47. The molecule has 1 heterocycles. The summed E-state index contributed by atoms with van der Waals surface area (Å²) in [6.07, 6.45) is -1.23. The lowest BCUT2D eigenvalue weighted by atomic mass is 10.3. The van der Waals surface area contributed by atoms with Gasteiger partial charge in [-0.05, 0) is 12.1 Å². The molecule has 0 fully saturated rings. The summed E-state index contributed by atoms with van der Waals surface area (Å²) in [5.74, 6) is 0.782. The molecule has 0 aliphatic carbocycles. The van der Waals surface area contributed by atoms with E-state index in [9.17, 15) is 4.79 Å². The topological polar surface area (TPSA) is 93.6 Å². The van der Waals surface area contributed by atoms with Gasteiger partial charge in [0.1, 0.15) is 5.75 Å². The van der Waals surface area contributed by atoms with Crippen molar-refractivity contribution in [3.05, 3.63) is 18.2 Å². The van der Waals surface area contributed by atoms with Gasteiger partial charge in [-0.25, -0.2) is 14.8 Å². The molecule has 0 atom stereocenters. The summed E-state index contributed by atoms with van der Waals surface area (Å²) in [7, 11) is 2.93. The molecule has 2 aromatic rings. The number of methoxy groups -OCH3 is 2. The van der Waals surface area contributed by atoms with Crippen LogP contribution in [0.25, 0.3) is 11.0 Å². The molecule has 94 valence electrons. The maximum Gasteiger partial charge on any atom is 0.410 e. The van der Waals surface area contributed by atoms with Gasteiger partial charge < -0.3 is 14.6 Å². The van der Waals surface area contributed by atoms with E-state index < -0.39 is 6.09 Å². The molecular weight excluding hydrogens is 238 g/mol. The summed E-state index contributed by atoms with van der Waals surface area (Å²) in [4.78, 5) is 18.9. The Bertz CT molecular complexity index is 600. The van der Waals surface area contributed by atoms with Crippen LogP contribution in [0.2, 0.25) is 0 Å². The van der Waals surface area contributed by atoms with Crippen LogP contribution in [0.3, 0.4) is 0 Å². The van der Waals surface area contributed by atoms with E-state index in [-0.39, 0.29) is 11.7 Å². The molecule has 1 aromatic carbocycles. The van der Waals surface area contributed by atoms with E-state index in [4.69, 9.17) is 14.6 Å². The monoisotopic (exact) mass is 249 g/mol. The van der Waals surface area contributed by atoms with Crippen LogP contribution < -0.4 is 14.8 Å². The molecule has 7 nitrogen and oxygen atoms in total. The standard InChI is InChI=1S/C11H11N3O4/c1-17-6-3-4-7-8(5-6)12-9(14-11(15)16)10(13-7)18-2/h3-5H,1-2H3,(H,12,14)(H,15,16). The zero-order chi connectivity index (χ0) is 13.1. The molecule has 1 amide bonds. The number of hydrogen-bond donors (Lipinski definition) is 2. The minimum atomic E-state index is -1.23. The number of benzene rings is 1. The molecule has 18 heavy (non-hydrogen) atoms. The van der Waals surface area contributed by atoms with E-state index in [1.165, 1.54) is 14.2 Å². The average Bonchev–Trinajstić information content (AvgIpc) is 2.36. The second-order valence-electron chi connectivity index (χ2n) is 3.37.